The molecule has 0 atom stereocenters. The van der Waals surface area contributed by atoms with Crippen molar-refractivity contribution in [2.45, 2.75) is 33.6 Å². The molecule has 0 aliphatic heterocycles. The number of benzene rings is 2. The zero-order valence-corrected chi connectivity index (χ0v) is 16.9. The number of rotatable bonds is 11. The van der Waals surface area contributed by atoms with Crippen LogP contribution >= 0.6 is 0 Å². The van der Waals surface area contributed by atoms with Crippen molar-refractivity contribution in [1.29, 1.82) is 0 Å². The van der Waals surface area contributed by atoms with Crippen molar-refractivity contribution in [3.05, 3.63) is 52.1 Å². The lowest BCUT2D eigenvalue weighted by atomic mass is 10.1. The average molecular weight is 402 g/mol. The minimum absolute atomic E-state index is 0.127. The van der Waals surface area contributed by atoms with E-state index in [-0.39, 0.29) is 17.0 Å². The summed E-state index contributed by atoms with van der Waals surface area (Å²) in [5.74, 6) is 0.798. The molecule has 0 heterocycles. The third-order valence-electron chi connectivity index (χ3n) is 3.84. The zero-order valence-electron chi connectivity index (χ0n) is 16.9. The summed E-state index contributed by atoms with van der Waals surface area (Å²) in [6, 6.07) is 9.23. The number of nitro groups is 1. The second kappa shape index (κ2) is 10.9. The van der Waals surface area contributed by atoms with Crippen LogP contribution in [-0.4, -0.2) is 30.7 Å². The molecule has 8 nitrogen and oxygen atoms in total. The van der Waals surface area contributed by atoms with E-state index in [9.17, 15) is 14.9 Å². The van der Waals surface area contributed by atoms with Crippen molar-refractivity contribution in [1.82, 2.24) is 0 Å². The molecule has 1 amide bonds. The molecule has 2 aromatic rings. The van der Waals surface area contributed by atoms with Crippen LogP contribution in [0.15, 0.2) is 36.4 Å². The van der Waals surface area contributed by atoms with Gasteiger partial charge in [-0.25, -0.2) is 0 Å². The molecule has 156 valence electrons. The average Bonchev–Trinajstić information content (AvgIpc) is 2.71. The number of nitrogens with zero attached hydrogens (tertiary/aromatic N) is 1. The first-order valence-corrected chi connectivity index (χ1v) is 9.62. The fraction of sp³-hybridized carbons (Fsp3) is 0.381. The Labute approximate surface area is 169 Å². The van der Waals surface area contributed by atoms with Gasteiger partial charge in [0.25, 0.3) is 5.91 Å². The van der Waals surface area contributed by atoms with Gasteiger partial charge < -0.3 is 19.5 Å². The number of ether oxygens (including phenoxy) is 3. The highest BCUT2D eigenvalue weighted by atomic mass is 16.6. The number of carbonyl (C=O) groups excluding carboxylic acids is 1. The van der Waals surface area contributed by atoms with Crippen molar-refractivity contribution in [3.63, 3.8) is 0 Å². The van der Waals surface area contributed by atoms with Crippen LogP contribution in [0.3, 0.4) is 0 Å². The molecule has 2 rings (SSSR count). The largest absolute Gasteiger partial charge is 0.490 e. The molecule has 0 bridgehead atoms. The van der Waals surface area contributed by atoms with E-state index in [0.29, 0.717) is 37.0 Å². The molecule has 29 heavy (non-hydrogen) atoms. The number of anilines is 1. The Balaban J connectivity index is 2.23. The Morgan fingerprint density at radius 1 is 0.931 bits per heavy atom. The highest BCUT2D eigenvalue weighted by Gasteiger charge is 2.19. The third-order valence-corrected chi connectivity index (χ3v) is 3.84. The van der Waals surface area contributed by atoms with Crippen LogP contribution in [-0.2, 0) is 0 Å². The van der Waals surface area contributed by atoms with Gasteiger partial charge in [-0.2, -0.15) is 0 Å². The second-order valence-corrected chi connectivity index (χ2v) is 6.19. The maximum atomic E-state index is 12.6. The second-order valence-electron chi connectivity index (χ2n) is 6.19. The van der Waals surface area contributed by atoms with E-state index < -0.39 is 10.8 Å². The van der Waals surface area contributed by atoms with Gasteiger partial charge in [0.1, 0.15) is 0 Å². The molecule has 0 fully saturated rings. The third kappa shape index (κ3) is 6.10. The molecule has 0 saturated carbocycles. The highest BCUT2D eigenvalue weighted by Crippen LogP contribution is 2.32. The Hall–Kier alpha value is -3.29. The number of hydrogen-bond donors (Lipinski definition) is 1. The zero-order chi connectivity index (χ0) is 21.2. The first-order chi connectivity index (χ1) is 14.0. The van der Waals surface area contributed by atoms with E-state index in [2.05, 4.69) is 5.32 Å². The quantitative estimate of drug-likeness (QED) is 0.427. The van der Waals surface area contributed by atoms with Gasteiger partial charge in [-0.3, -0.25) is 14.9 Å². The van der Waals surface area contributed by atoms with E-state index in [0.717, 1.165) is 12.8 Å². The summed E-state index contributed by atoms with van der Waals surface area (Å²) in [7, 11) is 0. The molecule has 0 saturated heterocycles. The van der Waals surface area contributed by atoms with E-state index in [1.807, 2.05) is 13.8 Å². The van der Waals surface area contributed by atoms with Crippen LogP contribution in [0, 0.1) is 10.1 Å². The number of nitrogens with one attached hydrogen (secondary N) is 1. The maximum absolute atomic E-state index is 12.6. The highest BCUT2D eigenvalue weighted by molar-refractivity contribution is 6.05. The number of carbonyl (C=O) groups is 1. The minimum Gasteiger partial charge on any atom is -0.490 e. The molecule has 0 aromatic heterocycles. The molecule has 0 spiro atoms. The molecule has 0 radical (unpaired) electrons. The molecule has 1 N–H and O–H groups in total. The lowest BCUT2D eigenvalue weighted by molar-refractivity contribution is -0.385. The number of hydrogen-bond acceptors (Lipinski definition) is 6. The van der Waals surface area contributed by atoms with Gasteiger partial charge in [-0.05, 0) is 44.0 Å². The van der Waals surface area contributed by atoms with Crippen LogP contribution < -0.4 is 19.5 Å². The molecular weight excluding hydrogens is 376 g/mol. The smallest absolute Gasteiger partial charge is 0.311 e. The number of nitro benzene ring substituents is 1. The SMILES string of the molecule is CCCOc1ccc(NC(=O)c2ccc(OCC)c([N+](=O)[O-])c2)cc1OCCC. The Morgan fingerprint density at radius 2 is 1.59 bits per heavy atom. The molecule has 8 heteroatoms. The normalized spacial score (nSPS) is 10.3. The van der Waals surface area contributed by atoms with Gasteiger partial charge in [0.2, 0.25) is 0 Å². The van der Waals surface area contributed by atoms with Crippen LogP contribution in [0.2, 0.25) is 0 Å². The Bertz CT molecular complexity index is 853. The lowest BCUT2D eigenvalue weighted by Crippen LogP contribution is -2.13. The van der Waals surface area contributed by atoms with Crippen molar-refractivity contribution >= 4 is 17.3 Å². The Kier molecular flexibility index (Phi) is 8.27. The van der Waals surface area contributed by atoms with Crippen molar-refractivity contribution in [3.8, 4) is 17.2 Å². The van der Waals surface area contributed by atoms with Gasteiger partial charge >= 0.3 is 5.69 Å². The van der Waals surface area contributed by atoms with Crippen molar-refractivity contribution in [2.75, 3.05) is 25.1 Å². The predicted molar refractivity (Wildman–Crippen MR) is 110 cm³/mol. The first-order valence-electron chi connectivity index (χ1n) is 9.62. The van der Waals surface area contributed by atoms with Gasteiger partial charge in [-0.1, -0.05) is 13.8 Å². The van der Waals surface area contributed by atoms with Crippen molar-refractivity contribution in [2.24, 2.45) is 0 Å². The summed E-state index contributed by atoms with van der Waals surface area (Å²) in [6.45, 7) is 7.11. The summed E-state index contributed by atoms with van der Waals surface area (Å²) in [5, 5.41) is 14.0. The van der Waals surface area contributed by atoms with Crippen molar-refractivity contribution < 1.29 is 23.9 Å². The van der Waals surface area contributed by atoms with E-state index in [1.54, 1.807) is 25.1 Å². The standard InChI is InChI=1S/C21H26N2O6/c1-4-11-28-19-10-8-16(14-20(19)29-12-5-2)22-21(24)15-7-9-18(27-6-3)17(13-15)23(25)26/h7-10,13-14H,4-6,11-12H2,1-3H3,(H,22,24). The van der Waals surface area contributed by atoms with E-state index in [4.69, 9.17) is 14.2 Å². The lowest BCUT2D eigenvalue weighted by Gasteiger charge is -2.14. The summed E-state index contributed by atoms with van der Waals surface area (Å²) in [5.41, 5.74) is 0.402. The Morgan fingerprint density at radius 3 is 2.21 bits per heavy atom. The minimum atomic E-state index is -0.571. The van der Waals surface area contributed by atoms with Gasteiger partial charge in [-0.15, -0.1) is 0 Å². The van der Waals surface area contributed by atoms with Crippen LogP contribution in [0.4, 0.5) is 11.4 Å². The summed E-state index contributed by atoms with van der Waals surface area (Å²) >= 11 is 0. The van der Waals surface area contributed by atoms with Gasteiger partial charge in [0.15, 0.2) is 17.2 Å². The molecule has 0 unspecified atom stereocenters. The summed E-state index contributed by atoms with van der Waals surface area (Å²) < 4.78 is 16.6. The van der Waals surface area contributed by atoms with Crippen LogP contribution in [0.25, 0.3) is 0 Å². The summed E-state index contributed by atoms with van der Waals surface area (Å²) in [6.07, 6.45) is 1.70. The molecule has 0 aliphatic carbocycles. The molecular formula is C21H26N2O6. The summed E-state index contributed by atoms with van der Waals surface area (Å²) in [4.78, 5) is 23.3. The van der Waals surface area contributed by atoms with E-state index in [1.165, 1.54) is 18.2 Å². The maximum Gasteiger partial charge on any atom is 0.311 e. The molecule has 2 aromatic carbocycles. The predicted octanol–water partition coefficient (Wildman–Crippen LogP) is 4.82. The fourth-order valence-corrected chi connectivity index (χ4v) is 2.52. The monoisotopic (exact) mass is 402 g/mol. The number of amides is 1. The van der Waals surface area contributed by atoms with Crippen LogP contribution in [0.5, 0.6) is 17.2 Å². The van der Waals surface area contributed by atoms with Crippen LogP contribution in [0.1, 0.15) is 44.0 Å². The fourth-order valence-electron chi connectivity index (χ4n) is 2.52. The topological polar surface area (TPSA) is 99.9 Å². The first kappa shape index (κ1) is 22.0. The van der Waals surface area contributed by atoms with Gasteiger partial charge in [0.05, 0.1) is 24.7 Å². The van der Waals surface area contributed by atoms with Gasteiger partial charge in [0, 0.05) is 23.4 Å². The molecule has 0 aliphatic rings. The van der Waals surface area contributed by atoms with E-state index >= 15 is 0 Å².